The smallest absolute Gasteiger partial charge is 0.343 e. The summed E-state index contributed by atoms with van der Waals surface area (Å²) in [5, 5.41) is 13.0. The summed E-state index contributed by atoms with van der Waals surface area (Å²) in [6, 6.07) is 21.1. The van der Waals surface area contributed by atoms with Crippen molar-refractivity contribution in [2.45, 2.75) is 25.3 Å². The number of nitriles is 1. The molecule has 0 aliphatic carbocycles. The number of rotatable bonds is 6. The summed E-state index contributed by atoms with van der Waals surface area (Å²) in [5.74, 6) is 0. The number of aromatic nitrogens is 1. The number of hydrogen-bond acceptors (Lipinski definition) is 2. The van der Waals surface area contributed by atoms with Crippen molar-refractivity contribution in [3.8, 4) is 6.07 Å². The van der Waals surface area contributed by atoms with Gasteiger partial charge in [0.1, 0.15) is 6.04 Å². The zero-order valence-corrected chi connectivity index (χ0v) is 17.7. The Hall–Kier alpha value is -3.27. The van der Waals surface area contributed by atoms with Gasteiger partial charge in [0, 0.05) is 40.8 Å². The molecule has 1 atom stereocenters. The third-order valence-electron chi connectivity index (χ3n) is 5.30. The molecule has 3 aromatic carbocycles. The lowest BCUT2D eigenvalue weighted by atomic mass is 10.0. The minimum atomic E-state index is -4.50. The van der Waals surface area contributed by atoms with E-state index >= 15 is 0 Å². The molecule has 1 aromatic heterocycles. The van der Waals surface area contributed by atoms with Gasteiger partial charge in [0.05, 0.1) is 11.6 Å². The lowest BCUT2D eigenvalue weighted by Crippen LogP contribution is -2.33. The molecular weight excluding hydrogens is 435 g/mol. The molecule has 0 amide bonds. The molecule has 0 bridgehead atoms. The second-order valence-electron chi connectivity index (χ2n) is 7.52. The first-order chi connectivity index (χ1) is 15.3. The molecule has 0 aliphatic rings. The van der Waals surface area contributed by atoms with Crippen LogP contribution < -0.4 is 5.32 Å². The fourth-order valence-electron chi connectivity index (χ4n) is 3.76. The molecule has 1 heterocycles. The van der Waals surface area contributed by atoms with Crippen LogP contribution in [0.4, 0.5) is 13.2 Å². The van der Waals surface area contributed by atoms with Crippen LogP contribution >= 0.6 is 11.6 Å². The highest BCUT2D eigenvalue weighted by Gasteiger charge is 2.42. The van der Waals surface area contributed by atoms with E-state index in [0.29, 0.717) is 28.0 Å². The average molecular weight is 454 g/mol. The van der Waals surface area contributed by atoms with Crippen LogP contribution in [0.2, 0.25) is 5.02 Å². The van der Waals surface area contributed by atoms with Crippen molar-refractivity contribution in [1.29, 1.82) is 5.26 Å². The standard InChI is InChI=1S/C25H19ClF3N3/c26-20-9-6-18(7-10-20)15-32-16-22(21-11-8-19(13-30)12-23(21)32)24(25(27,28)29)31-14-17-4-2-1-3-5-17/h1-12,16,24,31H,14-15H2. The fraction of sp³-hybridized carbons (Fsp3) is 0.160. The van der Waals surface area contributed by atoms with Crippen LogP contribution in [0.3, 0.4) is 0 Å². The molecule has 1 unspecified atom stereocenters. The van der Waals surface area contributed by atoms with Crippen molar-refractivity contribution in [2.24, 2.45) is 0 Å². The molecule has 0 fully saturated rings. The Kier molecular flexibility index (Phi) is 6.22. The Morgan fingerprint density at radius 3 is 2.34 bits per heavy atom. The van der Waals surface area contributed by atoms with Crippen LogP contribution in [0.25, 0.3) is 10.9 Å². The molecule has 32 heavy (non-hydrogen) atoms. The SMILES string of the molecule is N#Cc1ccc2c(C(NCc3ccccc3)C(F)(F)F)cn(Cc3ccc(Cl)cc3)c2c1. The molecule has 0 saturated heterocycles. The van der Waals surface area contributed by atoms with E-state index in [1.54, 1.807) is 59.2 Å². The molecule has 1 N–H and O–H groups in total. The Labute approximate surface area is 188 Å². The normalized spacial score (nSPS) is 12.6. The third kappa shape index (κ3) is 4.80. The summed E-state index contributed by atoms with van der Waals surface area (Å²) in [5.41, 5.74) is 2.74. The number of nitrogens with one attached hydrogen (secondary N) is 1. The minimum absolute atomic E-state index is 0.0746. The maximum atomic E-state index is 14.1. The Balaban J connectivity index is 1.76. The van der Waals surface area contributed by atoms with Gasteiger partial charge < -0.3 is 4.57 Å². The summed E-state index contributed by atoms with van der Waals surface area (Å²) in [7, 11) is 0. The van der Waals surface area contributed by atoms with Crippen molar-refractivity contribution in [1.82, 2.24) is 9.88 Å². The number of nitrogens with zero attached hydrogens (tertiary/aromatic N) is 2. The van der Waals surface area contributed by atoms with Gasteiger partial charge in [0.15, 0.2) is 0 Å². The van der Waals surface area contributed by atoms with Gasteiger partial charge in [-0.15, -0.1) is 0 Å². The predicted octanol–water partition coefficient (Wildman–Crippen LogP) is 6.61. The molecule has 3 nitrogen and oxygen atoms in total. The first-order valence-electron chi connectivity index (χ1n) is 9.96. The number of alkyl halides is 3. The van der Waals surface area contributed by atoms with E-state index < -0.39 is 12.2 Å². The van der Waals surface area contributed by atoms with Crippen LogP contribution in [-0.4, -0.2) is 10.7 Å². The maximum Gasteiger partial charge on any atom is 0.407 e. The van der Waals surface area contributed by atoms with Gasteiger partial charge in [-0.1, -0.05) is 60.1 Å². The second kappa shape index (κ2) is 9.07. The predicted molar refractivity (Wildman–Crippen MR) is 119 cm³/mol. The number of halogens is 4. The summed E-state index contributed by atoms with van der Waals surface area (Å²) in [4.78, 5) is 0. The highest BCUT2D eigenvalue weighted by molar-refractivity contribution is 6.30. The van der Waals surface area contributed by atoms with Gasteiger partial charge in [-0.2, -0.15) is 18.4 Å². The zero-order chi connectivity index (χ0) is 22.7. The van der Waals surface area contributed by atoms with E-state index in [-0.39, 0.29) is 12.1 Å². The molecule has 7 heteroatoms. The average Bonchev–Trinajstić information content (AvgIpc) is 3.12. The van der Waals surface area contributed by atoms with Gasteiger partial charge >= 0.3 is 6.18 Å². The summed E-state index contributed by atoms with van der Waals surface area (Å²) < 4.78 is 44.1. The van der Waals surface area contributed by atoms with Crippen LogP contribution in [0.1, 0.15) is 28.3 Å². The molecule has 0 saturated carbocycles. The van der Waals surface area contributed by atoms with Crippen LogP contribution in [0.5, 0.6) is 0 Å². The molecule has 4 rings (SSSR count). The van der Waals surface area contributed by atoms with E-state index in [4.69, 9.17) is 11.6 Å². The van der Waals surface area contributed by atoms with Gasteiger partial charge in [0.25, 0.3) is 0 Å². The number of fused-ring (bicyclic) bond motifs is 1. The van der Waals surface area contributed by atoms with Gasteiger partial charge in [-0.05, 0) is 35.4 Å². The fourth-order valence-corrected chi connectivity index (χ4v) is 3.88. The van der Waals surface area contributed by atoms with E-state index in [2.05, 4.69) is 11.4 Å². The molecule has 0 spiro atoms. The van der Waals surface area contributed by atoms with Crippen molar-refractivity contribution < 1.29 is 13.2 Å². The van der Waals surface area contributed by atoms with E-state index in [1.807, 2.05) is 18.2 Å². The molecule has 0 aliphatic heterocycles. The van der Waals surface area contributed by atoms with Gasteiger partial charge in [0.2, 0.25) is 0 Å². The van der Waals surface area contributed by atoms with Crippen molar-refractivity contribution in [2.75, 3.05) is 0 Å². The lowest BCUT2D eigenvalue weighted by molar-refractivity contribution is -0.157. The highest BCUT2D eigenvalue weighted by atomic mass is 35.5. The third-order valence-corrected chi connectivity index (χ3v) is 5.55. The minimum Gasteiger partial charge on any atom is -0.343 e. The number of benzene rings is 3. The van der Waals surface area contributed by atoms with E-state index in [1.165, 1.54) is 6.20 Å². The van der Waals surface area contributed by atoms with Gasteiger partial charge in [-0.25, -0.2) is 0 Å². The van der Waals surface area contributed by atoms with Crippen LogP contribution in [0.15, 0.2) is 79.0 Å². The quantitative estimate of drug-likeness (QED) is 0.357. The second-order valence-corrected chi connectivity index (χ2v) is 7.96. The first-order valence-corrected chi connectivity index (χ1v) is 10.3. The molecule has 0 radical (unpaired) electrons. The van der Waals surface area contributed by atoms with Crippen molar-refractivity contribution in [3.63, 3.8) is 0 Å². The molecule has 162 valence electrons. The summed E-state index contributed by atoms with van der Waals surface area (Å²) in [6.07, 6.45) is -2.97. The Bertz CT molecular complexity index is 1260. The zero-order valence-electron chi connectivity index (χ0n) is 16.9. The Morgan fingerprint density at radius 2 is 1.69 bits per heavy atom. The van der Waals surface area contributed by atoms with Gasteiger partial charge in [-0.3, -0.25) is 5.32 Å². The van der Waals surface area contributed by atoms with Crippen molar-refractivity contribution in [3.05, 3.63) is 106 Å². The summed E-state index contributed by atoms with van der Waals surface area (Å²) >= 11 is 5.95. The summed E-state index contributed by atoms with van der Waals surface area (Å²) in [6.45, 7) is 0.428. The number of hydrogen-bond donors (Lipinski definition) is 1. The maximum absolute atomic E-state index is 14.1. The van der Waals surface area contributed by atoms with E-state index in [0.717, 1.165) is 11.1 Å². The van der Waals surface area contributed by atoms with Crippen LogP contribution in [0, 0.1) is 11.3 Å². The Morgan fingerprint density at radius 1 is 0.969 bits per heavy atom. The van der Waals surface area contributed by atoms with Crippen molar-refractivity contribution >= 4 is 22.5 Å². The topological polar surface area (TPSA) is 40.8 Å². The highest BCUT2D eigenvalue weighted by Crippen LogP contribution is 2.38. The molecular formula is C25H19ClF3N3. The first kappa shape index (κ1) is 21.9. The van der Waals surface area contributed by atoms with Crippen LogP contribution in [-0.2, 0) is 13.1 Å². The lowest BCUT2D eigenvalue weighted by Gasteiger charge is -2.21. The monoisotopic (exact) mass is 453 g/mol. The van der Waals surface area contributed by atoms with E-state index in [9.17, 15) is 18.4 Å². The molecule has 4 aromatic rings. The largest absolute Gasteiger partial charge is 0.407 e.